The van der Waals surface area contributed by atoms with Gasteiger partial charge in [-0.05, 0) is 66.9 Å². The molecule has 3 aliphatic rings. The average Bonchev–Trinajstić information content (AvgIpc) is 2.53. The molecule has 1 N–H and O–H groups in total. The fourth-order valence-electron chi connectivity index (χ4n) is 5.86. The number of allylic oxidation sites excluding steroid dienone is 3. The molecule has 0 saturated heterocycles. The van der Waals surface area contributed by atoms with Gasteiger partial charge in [0.15, 0.2) is 0 Å². The third-order valence-electron chi connectivity index (χ3n) is 7.36. The van der Waals surface area contributed by atoms with Crippen LogP contribution in [0.4, 0.5) is 0 Å². The molecule has 0 aromatic carbocycles. The van der Waals surface area contributed by atoms with Crippen molar-refractivity contribution in [3.8, 4) is 0 Å². The van der Waals surface area contributed by atoms with E-state index in [1.54, 1.807) is 7.11 Å². The van der Waals surface area contributed by atoms with Crippen molar-refractivity contribution in [1.82, 2.24) is 0 Å². The predicted molar refractivity (Wildman–Crippen MR) is 95.7 cm³/mol. The fourth-order valence-corrected chi connectivity index (χ4v) is 5.86. The summed E-state index contributed by atoms with van der Waals surface area (Å²) in [7, 11) is 1.81. The lowest BCUT2D eigenvalue weighted by molar-refractivity contribution is -0.163. The first kappa shape index (κ1) is 17.7. The number of fused-ring (bicyclic) bond motifs is 3. The minimum absolute atomic E-state index is 0.0608. The molecule has 0 radical (unpaired) electrons. The van der Waals surface area contributed by atoms with E-state index in [0.717, 1.165) is 32.1 Å². The minimum Gasteiger partial charge on any atom is -0.481 e. The highest BCUT2D eigenvalue weighted by atomic mass is 16.5. The SMILES string of the molecule is CO[C@H]1C[C@@H]2C(=CC[C@H]3[C@]2(C)CCC[C@@]3(C)C(=O)O)C=C1C(C)C. The van der Waals surface area contributed by atoms with Crippen LogP contribution in [0.15, 0.2) is 23.3 Å². The van der Waals surface area contributed by atoms with E-state index in [1.807, 2.05) is 6.92 Å². The Morgan fingerprint density at radius 1 is 1.33 bits per heavy atom. The smallest absolute Gasteiger partial charge is 0.309 e. The number of carbonyl (C=O) groups is 1. The third kappa shape index (κ3) is 2.47. The molecular weight excluding hydrogens is 300 g/mol. The van der Waals surface area contributed by atoms with Crippen LogP contribution in [0.3, 0.4) is 0 Å². The predicted octanol–water partition coefficient (Wildman–Crippen LogP) is 4.83. The van der Waals surface area contributed by atoms with Crippen LogP contribution in [0.1, 0.15) is 59.8 Å². The van der Waals surface area contributed by atoms with E-state index >= 15 is 0 Å². The van der Waals surface area contributed by atoms with Gasteiger partial charge in [0, 0.05) is 7.11 Å². The number of hydrogen-bond donors (Lipinski definition) is 1. The summed E-state index contributed by atoms with van der Waals surface area (Å²) in [6.07, 6.45) is 9.69. The number of aliphatic carboxylic acids is 1. The third-order valence-corrected chi connectivity index (χ3v) is 7.36. The zero-order valence-corrected chi connectivity index (χ0v) is 15.8. The average molecular weight is 332 g/mol. The van der Waals surface area contributed by atoms with Crippen molar-refractivity contribution in [2.75, 3.05) is 7.11 Å². The van der Waals surface area contributed by atoms with Gasteiger partial charge in [-0.25, -0.2) is 0 Å². The highest BCUT2D eigenvalue weighted by Crippen LogP contribution is 2.62. The molecule has 0 aromatic rings. The van der Waals surface area contributed by atoms with Gasteiger partial charge >= 0.3 is 5.97 Å². The second-order valence-electron chi connectivity index (χ2n) is 8.89. The van der Waals surface area contributed by atoms with Crippen molar-refractivity contribution in [2.45, 2.75) is 65.9 Å². The first-order valence-electron chi connectivity index (χ1n) is 9.41. The Balaban J connectivity index is 2.04. The highest BCUT2D eigenvalue weighted by molar-refractivity contribution is 5.75. The van der Waals surface area contributed by atoms with E-state index < -0.39 is 11.4 Å². The summed E-state index contributed by atoms with van der Waals surface area (Å²) in [5.74, 6) is 0.505. The number of carboxylic acid groups (broad SMARTS) is 1. The Morgan fingerprint density at radius 3 is 2.62 bits per heavy atom. The zero-order chi connectivity index (χ0) is 17.7. The molecule has 0 aromatic heterocycles. The molecule has 24 heavy (non-hydrogen) atoms. The first-order chi connectivity index (χ1) is 11.2. The van der Waals surface area contributed by atoms with Crippen molar-refractivity contribution in [1.29, 1.82) is 0 Å². The van der Waals surface area contributed by atoms with Crippen molar-refractivity contribution < 1.29 is 14.6 Å². The van der Waals surface area contributed by atoms with Crippen molar-refractivity contribution in [3.05, 3.63) is 23.3 Å². The molecule has 5 atom stereocenters. The molecule has 3 rings (SSSR count). The second-order valence-corrected chi connectivity index (χ2v) is 8.89. The number of methoxy groups -OCH3 is 1. The van der Waals surface area contributed by atoms with Gasteiger partial charge in [-0.15, -0.1) is 0 Å². The van der Waals surface area contributed by atoms with E-state index in [4.69, 9.17) is 4.74 Å². The molecule has 0 bridgehead atoms. The van der Waals surface area contributed by atoms with Crippen LogP contribution < -0.4 is 0 Å². The lowest BCUT2D eigenvalue weighted by Gasteiger charge is -2.57. The molecule has 3 aliphatic carbocycles. The largest absolute Gasteiger partial charge is 0.481 e. The van der Waals surface area contributed by atoms with Gasteiger partial charge in [0.2, 0.25) is 0 Å². The van der Waals surface area contributed by atoms with Crippen LogP contribution in [0.5, 0.6) is 0 Å². The monoisotopic (exact) mass is 332 g/mol. The summed E-state index contributed by atoms with van der Waals surface area (Å²) >= 11 is 0. The Morgan fingerprint density at radius 2 is 2.04 bits per heavy atom. The minimum atomic E-state index is -0.618. The topological polar surface area (TPSA) is 46.5 Å². The Hall–Kier alpha value is -1.09. The molecule has 0 spiro atoms. The van der Waals surface area contributed by atoms with Crippen LogP contribution in [-0.2, 0) is 9.53 Å². The molecule has 0 aliphatic heterocycles. The Kier molecular flexibility index (Phi) is 4.44. The molecule has 0 amide bonds. The van der Waals surface area contributed by atoms with Gasteiger partial charge in [-0.1, -0.05) is 39.3 Å². The van der Waals surface area contributed by atoms with E-state index in [2.05, 4.69) is 32.9 Å². The van der Waals surface area contributed by atoms with E-state index in [1.165, 1.54) is 11.1 Å². The standard InChI is InChI=1S/C21H32O3/c1-13(2)15-11-14-7-8-18-20(3,16(14)12-17(15)24-5)9-6-10-21(18,4)19(22)23/h7,11,13,16-18H,6,8-10,12H2,1-5H3,(H,22,23)/t16-,17+,18+,20-,21-/m1/s1. The molecule has 0 unspecified atom stereocenters. The summed E-state index contributed by atoms with van der Waals surface area (Å²) in [5, 5.41) is 9.90. The lowest BCUT2D eigenvalue weighted by Crippen LogP contribution is -2.53. The van der Waals surface area contributed by atoms with Crippen molar-refractivity contribution >= 4 is 5.97 Å². The van der Waals surface area contributed by atoms with E-state index in [9.17, 15) is 9.90 Å². The van der Waals surface area contributed by atoms with Gasteiger partial charge < -0.3 is 9.84 Å². The molecule has 1 saturated carbocycles. The van der Waals surface area contributed by atoms with E-state index in [0.29, 0.717) is 11.8 Å². The molecular formula is C21H32O3. The molecule has 0 heterocycles. The van der Waals surface area contributed by atoms with Crippen molar-refractivity contribution in [3.63, 3.8) is 0 Å². The van der Waals surface area contributed by atoms with Crippen molar-refractivity contribution in [2.24, 2.45) is 28.6 Å². The summed E-state index contributed by atoms with van der Waals surface area (Å²) in [6.45, 7) is 8.78. The second kappa shape index (κ2) is 6.01. The number of hydrogen-bond acceptors (Lipinski definition) is 2. The number of carboxylic acids is 1. The molecule has 3 heteroatoms. The maximum Gasteiger partial charge on any atom is 0.309 e. The van der Waals surface area contributed by atoms with Gasteiger partial charge in [0.1, 0.15) is 0 Å². The molecule has 1 fully saturated rings. The van der Waals surface area contributed by atoms with Gasteiger partial charge in [0.25, 0.3) is 0 Å². The maximum absolute atomic E-state index is 12.0. The Bertz CT molecular complexity index is 588. The highest BCUT2D eigenvalue weighted by Gasteiger charge is 2.57. The zero-order valence-electron chi connectivity index (χ0n) is 15.8. The Labute approximate surface area is 146 Å². The molecule has 3 nitrogen and oxygen atoms in total. The summed E-state index contributed by atoms with van der Waals surface area (Å²) in [6, 6.07) is 0. The quantitative estimate of drug-likeness (QED) is 0.805. The fraction of sp³-hybridized carbons (Fsp3) is 0.762. The van der Waals surface area contributed by atoms with Crippen LogP contribution in [0.2, 0.25) is 0 Å². The van der Waals surface area contributed by atoms with E-state index in [-0.39, 0.29) is 17.4 Å². The molecule has 134 valence electrons. The lowest BCUT2D eigenvalue weighted by atomic mass is 9.46. The van der Waals surface area contributed by atoms with Gasteiger partial charge in [-0.3, -0.25) is 4.79 Å². The van der Waals surface area contributed by atoms with Crippen LogP contribution >= 0.6 is 0 Å². The first-order valence-corrected chi connectivity index (χ1v) is 9.41. The summed E-state index contributed by atoms with van der Waals surface area (Å²) in [4.78, 5) is 12.0. The summed E-state index contributed by atoms with van der Waals surface area (Å²) < 4.78 is 5.83. The van der Waals surface area contributed by atoms with Crippen LogP contribution in [-0.4, -0.2) is 24.3 Å². The maximum atomic E-state index is 12.0. The number of ether oxygens (including phenoxy) is 1. The normalized spacial score (nSPS) is 42.0. The van der Waals surface area contributed by atoms with Gasteiger partial charge in [0.05, 0.1) is 11.5 Å². The number of rotatable bonds is 3. The van der Waals surface area contributed by atoms with Gasteiger partial charge in [-0.2, -0.15) is 0 Å². The van der Waals surface area contributed by atoms with Crippen LogP contribution in [0, 0.1) is 28.6 Å². The van der Waals surface area contributed by atoms with Crippen LogP contribution in [0.25, 0.3) is 0 Å². The summed E-state index contributed by atoms with van der Waals surface area (Å²) in [5.41, 5.74) is 2.28.